The Kier molecular flexibility index (Phi) is 3.64. The van der Waals surface area contributed by atoms with Gasteiger partial charge in [-0.2, -0.15) is 5.10 Å². The van der Waals surface area contributed by atoms with Crippen LogP contribution < -0.4 is 5.43 Å². The van der Waals surface area contributed by atoms with Crippen LogP contribution in [-0.2, 0) is 0 Å². The lowest BCUT2D eigenvalue weighted by molar-refractivity contribution is 0.0955. The van der Waals surface area contributed by atoms with Gasteiger partial charge < -0.3 is 0 Å². The van der Waals surface area contributed by atoms with Crippen LogP contribution in [0.1, 0.15) is 17.3 Å². The Bertz CT molecular complexity index is 336. The quantitative estimate of drug-likeness (QED) is 0.625. The van der Waals surface area contributed by atoms with Crippen molar-refractivity contribution in [1.29, 1.82) is 0 Å². The molecule has 68 valence electrons. The standard InChI is InChI=1S/C9H9BrN2O/c1-2-11-12-9(13)7-4-3-5-8(10)6-7/h2-6H,1H3,(H,12,13)/b11-2+. The van der Waals surface area contributed by atoms with Gasteiger partial charge in [0.1, 0.15) is 0 Å². The molecule has 1 aromatic rings. The van der Waals surface area contributed by atoms with Gasteiger partial charge in [-0.1, -0.05) is 22.0 Å². The molecule has 0 aromatic heterocycles. The highest BCUT2D eigenvalue weighted by atomic mass is 79.9. The normalized spacial score (nSPS) is 10.3. The summed E-state index contributed by atoms with van der Waals surface area (Å²) in [6.45, 7) is 1.74. The number of rotatable bonds is 2. The molecule has 0 aliphatic carbocycles. The van der Waals surface area contributed by atoms with Gasteiger partial charge in [-0.05, 0) is 25.1 Å². The lowest BCUT2D eigenvalue weighted by atomic mass is 10.2. The Hall–Kier alpha value is -1.16. The van der Waals surface area contributed by atoms with Gasteiger partial charge in [-0.25, -0.2) is 5.43 Å². The van der Waals surface area contributed by atoms with Crippen molar-refractivity contribution in [2.24, 2.45) is 5.10 Å². The van der Waals surface area contributed by atoms with Crippen molar-refractivity contribution >= 4 is 28.1 Å². The molecule has 0 fully saturated rings. The molecule has 0 unspecified atom stereocenters. The summed E-state index contributed by atoms with van der Waals surface area (Å²) in [4.78, 5) is 11.3. The highest BCUT2D eigenvalue weighted by Crippen LogP contribution is 2.11. The maximum Gasteiger partial charge on any atom is 0.271 e. The third kappa shape index (κ3) is 2.99. The number of benzene rings is 1. The minimum atomic E-state index is -0.209. The van der Waals surface area contributed by atoms with E-state index in [2.05, 4.69) is 26.5 Å². The van der Waals surface area contributed by atoms with E-state index in [9.17, 15) is 4.79 Å². The van der Waals surface area contributed by atoms with Crippen LogP contribution in [0.4, 0.5) is 0 Å². The first-order valence-electron chi connectivity index (χ1n) is 3.77. The molecular formula is C9H9BrN2O. The Morgan fingerprint density at radius 2 is 2.38 bits per heavy atom. The first-order valence-corrected chi connectivity index (χ1v) is 4.57. The molecule has 3 nitrogen and oxygen atoms in total. The maximum atomic E-state index is 11.3. The molecule has 1 N–H and O–H groups in total. The van der Waals surface area contributed by atoms with E-state index in [1.807, 2.05) is 6.07 Å². The molecule has 0 aliphatic rings. The fraction of sp³-hybridized carbons (Fsp3) is 0.111. The summed E-state index contributed by atoms with van der Waals surface area (Å²) in [5, 5.41) is 3.64. The maximum absolute atomic E-state index is 11.3. The van der Waals surface area contributed by atoms with Gasteiger partial charge in [0.05, 0.1) is 0 Å². The zero-order chi connectivity index (χ0) is 9.68. The van der Waals surface area contributed by atoms with Crippen LogP contribution in [0.25, 0.3) is 0 Å². The number of carbonyl (C=O) groups excluding carboxylic acids is 1. The molecule has 0 saturated carbocycles. The van der Waals surface area contributed by atoms with Crippen LogP contribution in [0, 0.1) is 0 Å². The van der Waals surface area contributed by atoms with Crippen LogP contribution in [0.5, 0.6) is 0 Å². The first kappa shape index (κ1) is 9.92. The summed E-state index contributed by atoms with van der Waals surface area (Å²) in [6, 6.07) is 7.13. The van der Waals surface area contributed by atoms with Crippen LogP contribution in [0.2, 0.25) is 0 Å². The minimum Gasteiger partial charge on any atom is -0.267 e. The lowest BCUT2D eigenvalue weighted by Gasteiger charge is -1.99. The fourth-order valence-electron chi connectivity index (χ4n) is 0.817. The van der Waals surface area contributed by atoms with Crippen LogP contribution in [0.3, 0.4) is 0 Å². The highest BCUT2D eigenvalue weighted by molar-refractivity contribution is 9.10. The number of carbonyl (C=O) groups is 1. The van der Waals surface area contributed by atoms with Gasteiger partial charge in [0.25, 0.3) is 5.91 Å². The van der Waals surface area contributed by atoms with E-state index in [0.717, 1.165) is 4.47 Å². The second-order valence-electron chi connectivity index (χ2n) is 2.34. The van der Waals surface area contributed by atoms with E-state index in [1.165, 1.54) is 6.21 Å². The second-order valence-corrected chi connectivity index (χ2v) is 3.25. The van der Waals surface area contributed by atoms with Gasteiger partial charge in [0.2, 0.25) is 0 Å². The topological polar surface area (TPSA) is 41.5 Å². The Labute approximate surface area is 85.0 Å². The Balaban J connectivity index is 2.77. The molecule has 0 bridgehead atoms. The summed E-state index contributed by atoms with van der Waals surface area (Å²) >= 11 is 3.28. The van der Waals surface area contributed by atoms with Crippen molar-refractivity contribution in [1.82, 2.24) is 5.43 Å². The molecule has 1 amide bonds. The summed E-state index contributed by atoms with van der Waals surface area (Å²) in [5.41, 5.74) is 2.97. The molecule has 0 heterocycles. The number of amides is 1. The number of halogens is 1. The first-order chi connectivity index (χ1) is 6.24. The zero-order valence-electron chi connectivity index (χ0n) is 7.12. The van der Waals surface area contributed by atoms with E-state index < -0.39 is 0 Å². The summed E-state index contributed by atoms with van der Waals surface area (Å²) in [7, 11) is 0. The molecule has 13 heavy (non-hydrogen) atoms. The number of nitrogens with zero attached hydrogens (tertiary/aromatic N) is 1. The van der Waals surface area contributed by atoms with Crippen molar-refractivity contribution in [2.75, 3.05) is 0 Å². The summed E-state index contributed by atoms with van der Waals surface area (Å²) < 4.78 is 0.876. The molecular weight excluding hydrogens is 232 g/mol. The zero-order valence-corrected chi connectivity index (χ0v) is 8.71. The summed E-state index contributed by atoms with van der Waals surface area (Å²) in [5.74, 6) is -0.209. The highest BCUT2D eigenvalue weighted by Gasteiger charge is 2.02. The molecule has 0 aliphatic heterocycles. The summed E-state index contributed by atoms with van der Waals surface area (Å²) in [6.07, 6.45) is 1.52. The molecule has 1 rings (SSSR count). The molecule has 0 saturated heterocycles. The van der Waals surface area contributed by atoms with Gasteiger partial charge >= 0.3 is 0 Å². The smallest absolute Gasteiger partial charge is 0.267 e. The molecule has 4 heteroatoms. The van der Waals surface area contributed by atoms with E-state index in [1.54, 1.807) is 25.1 Å². The number of nitrogens with one attached hydrogen (secondary N) is 1. The molecule has 0 spiro atoms. The van der Waals surface area contributed by atoms with E-state index >= 15 is 0 Å². The van der Waals surface area contributed by atoms with E-state index in [4.69, 9.17) is 0 Å². The predicted molar refractivity (Wildman–Crippen MR) is 55.8 cm³/mol. The molecule has 0 atom stereocenters. The van der Waals surface area contributed by atoms with Crippen molar-refractivity contribution in [2.45, 2.75) is 6.92 Å². The average molecular weight is 241 g/mol. The fourth-order valence-corrected chi connectivity index (χ4v) is 1.22. The van der Waals surface area contributed by atoms with Gasteiger partial charge in [-0.3, -0.25) is 4.79 Å². The van der Waals surface area contributed by atoms with Crippen LogP contribution in [-0.4, -0.2) is 12.1 Å². The van der Waals surface area contributed by atoms with Gasteiger partial charge in [-0.15, -0.1) is 0 Å². The van der Waals surface area contributed by atoms with Crippen LogP contribution in [0.15, 0.2) is 33.8 Å². The van der Waals surface area contributed by atoms with Crippen molar-refractivity contribution in [3.8, 4) is 0 Å². The third-order valence-electron chi connectivity index (χ3n) is 1.38. The van der Waals surface area contributed by atoms with Crippen molar-refractivity contribution in [3.63, 3.8) is 0 Å². The largest absolute Gasteiger partial charge is 0.271 e. The predicted octanol–water partition coefficient (Wildman–Crippen LogP) is 2.18. The van der Waals surface area contributed by atoms with Gasteiger partial charge in [0, 0.05) is 16.3 Å². The molecule has 1 aromatic carbocycles. The monoisotopic (exact) mass is 240 g/mol. The van der Waals surface area contributed by atoms with Gasteiger partial charge in [0.15, 0.2) is 0 Å². The van der Waals surface area contributed by atoms with Crippen molar-refractivity contribution in [3.05, 3.63) is 34.3 Å². The SMILES string of the molecule is C/C=N/NC(=O)c1cccc(Br)c1. The number of hydrogen-bond acceptors (Lipinski definition) is 2. The number of hydrogen-bond donors (Lipinski definition) is 1. The third-order valence-corrected chi connectivity index (χ3v) is 1.88. The van der Waals surface area contributed by atoms with E-state index in [0.29, 0.717) is 5.56 Å². The average Bonchev–Trinajstić information content (AvgIpc) is 2.14. The van der Waals surface area contributed by atoms with Crippen LogP contribution >= 0.6 is 15.9 Å². The minimum absolute atomic E-state index is 0.209. The number of hydrazone groups is 1. The molecule has 0 radical (unpaired) electrons. The Morgan fingerprint density at radius 3 is 3.00 bits per heavy atom. The Morgan fingerprint density at radius 1 is 1.62 bits per heavy atom. The van der Waals surface area contributed by atoms with E-state index in [-0.39, 0.29) is 5.91 Å². The van der Waals surface area contributed by atoms with Crippen molar-refractivity contribution < 1.29 is 4.79 Å². The second kappa shape index (κ2) is 4.77. The lowest BCUT2D eigenvalue weighted by Crippen LogP contribution is -2.16.